The highest BCUT2D eigenvalue weighted by molar-refractivity contribution is 7.80. The van der Waals surface area contributed by atoms with Crippen molar-refractivity contribution in [1.82, 2.24) is 0 Å². The summed E-state index contributed by atoms with van der Waals surface area (Å²) in [5.74, 6) is -0.457. The molecular weight excluding hydrogens is 861 g/mol. The Morgan fingerprint density at radius 1 is 0.576 bits per heavy atom. The molecule has 6 unspecified atom stereocenters. The Balaban J connectivity index is 2.50. The summed E-state index contributed by atoms with van der Waals surface area (Å²) in [6, 6.07) is 0. The molecule has 0 saturated carbocycles. The fraction of sp³-hybridized carbons (Fsp3) is 0.566. The van der Waals surface area contributed by atoms with E-state index in [4.69, 9.17) is 18.9 Å². The Hall–Kier alpha value is -3.76. The van der Waals surface area contributed by atoms with Crippen LogP contribution in [0.2, 0.25) is 0 Å². The first-order chi connectivity index (χ1) is 32.1. The predicted octanol–water partition coefficient (Wildman–Crippen LogP) is 10.7. The van der Waals surface area contributed by atoms with Gasteiger partial charge in [0.25, 0.3) is 0 Å². The Morgan fingerprint density at radius 3 is 1.42 bits per heavy atom. The molecule has 1 fully saturated rings. The molecule has 0 bridgehead atoms. The number of carbonyl (C=O) groups is 1. The summed E-state index contributed by atoms with van der Waals surface area (Å²) >= 11 is 0. The zero-order valence-electron chi connectivity index (χ0n) is 39.7. The van der Waals surface area contributed by atoms with E-state index in [0.29, 0.717) is 13.0 Å². The maximum absolute atomic E-state index is 12.9. The average Bonchev–Trinajstić information content (AvgIpc) is 3.29. The van der Waals surface area contributed by atoms with E-state index >= 15 is 0 Å². The third-order valence-corrected chi connectivity index (χ3v) is 10.2. The number of hydrogen-bond acceptors (Lipinski definition) is 11. The second-order valence-corrected chi connectivity index (χ2v) is 16.6. The summed E-state index contributed by atoms with van der Waals surface area (Å²) in [4.78, 5) is 12.9. The summed E-state index contributed by atoms with van der Waals surface area (Å²) in [7, 11) is -5.09. The molecule has 0 aromatic carbocycles. The van der Waals surface area contributed by atoms with Crippen LogP contribution in [-0.4, -0.2) is 97.5 Å². The Kier molecular flexibility index (Phi) is 38.9. The van der Waals surface area contributed by atoms with E-state index < -0.39 is 59.8 Å². The lowest BCUT2D eigenvalue weighted by atomic mass is 9.99. The van der Waals surface area contributed by atoms with Crippen molar-refractivity contribution < 1.29 is 56.2 Å². The molecule has 66 heavy (non-hydrogen) atoms. The maximum atomic E-state index is 12.9. The van der Waals surface area contributed by atoms with Gasteiger partial charge in [-0.2, -0.15) is 8.42 Å². The van der Waals surface area contributed by atoms with E-state index in [1.165, 1.54) is 0 Å². The van der Waals surface area contributed by atoms with Gasteiger partial charge in [0, 0.05) is 13.0 Å². The summed E-state index contributed by atoms with van der Waals surface area (Å²) in [5, 5.41) is 30.7. The van der Waals surface area contributed by atoms with E-state index in [1.54, 1.807) is 0 Å². The lowest BCUT2D eigenvalue weighted by Gasteiger charge is -2.41. The molecule has 372 valence electrons. The van der Waals surface area contributed by atoms with Gasteiger partial charge in [-0.1, -0.05) is 154 Å². The van der Waals surface area contributed by atoms with Crippen LogP contribution in [0, 0.1) is 0 Å². The number of hydrogen-bond donors (Lipinski definition) is 4. The van der Waals surface area contributed by atoms with E-state index in [0.717, 1.165) is 103 Å². The third-order valence-electron chi connectivity index (χ3n) is 9.77. The summed E-state index contributed by atoms with van der Waals surface area (Å²) in [6.45, 7) is 3.53. The smallest absolute Gasteiger partial charge is 0.397 e. The van der Waals surface area contributed by atoms with Gasteiger partial charge in [-0.15, -0.1) is 0 Å². The normalized spacial score (nSPS) is 20.7. The average molecular weight is 943 g/mol. The van der Waals surface area contributed by atoms with Crippen molar-refractivity contribution in [2.24, 2.45) is 0 Å². The number of ether oxygens (including phenoxy) is 4. The van der Waals surface area contributed by atoms with Gasteiger partial charge in [-0.05, 0) is 103 Å². The number of unbranched alkanes of at least 4 members (excludes halogenated alkanes) is 4. The van der Waals surface area contributed by atoms with Crippen LogP contribution in [0.5, 0.6) is 0 Å². The topological polar surface area (TPSA) is 178 Å². The molecule has 13 heteroatoms. The van der Waals surface area contributed by atoms with Crippen LogP contribution >= 0.6 is 0 Å². The van der Waals surface area contributed by atoms with Crippen LogP contribution in [0.4, 0.5) is 0 Å². The lowest BCUT2D eigenvalue weighted by Crippen LogP contribution is -2.60. The molecule has 0 spiro atoms. The molecule has 0 aromatic rings. The fourth-order valence-electron chi connectivity index (χ4n) is 6.24. The molecule has 0 aromatic heterocycles. The van der Waals surface area contributed by atoms with Gasteiger partial charge < -0.3 is 34.3 Å². The molecule has 1 rings (SSSR count). The van der Waals surface area contributed by atoms with Crippen molar-refractivity contribution in [3.05, 3.63) is 134 Å². The van der Waals surface area contributed by atoms with Crippen LogP contribution in [0.3, 0.4) is 0 Å². The highest BCUT2D eigenvalue weighted by atomic mass is 32.3. The quantitative estimate of drug-likeness (QED) is 0.0199. The standard InChI is InChI=1S/C53H82O12S/c1-3-5-7-9-11-13-15-17-19-21-23-25-27-29-31-33-35-37-39-41-43-61-45-47(46-62-53-51(57)52(65-66(58,59)60)50(56)48(44-54)64-53)63-49(55)42-40-38-36-34-32-30-28-26-24-22-20-18-16-14-12-10-8-6-4-2/h5-8,11-14,17-20,23-26,29-32,35,37,47-48,50-54,56-57H,3-4,9-10,15-16,21-22,27-28,33-34,36,38-46H2,1-2H3,(H,58,59,60)/b7-5-,8-6-,13-11-,14-12-,19-17-,20-18-,25-23-,26-24-,31-29-,32-30-,37-35-. The fourth-order valence-corrected chi connectivity index (χ4v) is 6.75. The van der Waals surface area contributed by atoms with Gasteiger partial charge in [-0.25, -0.2) is 4.18 Å². The number of aliphatic hydroxyl groups excluding tert-OH is 3. The zero-order valence-corrected chi connectivity index (χ0v) is 40.5. The van der Waals surface area contributed by atoms with Crippen molar-refractivity contribution in [1.29, 1.82) is 0 Å². The molecule has 0 aliphatic carbocycles. The van der Waals surface area contributed by atoms with Gasteiger partial charge in [-0.3, -0.25) is 9.35 Å². The summed E-state index contributed by atoms with van der Waals surface area (Å²) in [6.07, 6.45) is 53.5. The molecule has 4 N–H and O–H groups in total. The van der Waals surface area contributed by atoms with Crippen molar-refractivity contribution >= 4 is 16.4 Å². The highest BCUT2D eigenvalue weighted by Crippen LogP contribution is 2.26. The Morgan fingerprint density at radius 2 is 1.00 bits per heavy atom. The Bertz CT molecular complexity index is 1650. The number of esters is 1. The van der Waals surface area contributed by atoms with E-state index in [1.807, 2.05) is 0 Å². The van der Waals surface area contributed by atoms with Gasteiger partial charge in [0.05, 0.1) is 19.8 Å². The summed E-state index contributed by atoms with van der Waals surface area (Å²) < 4.78 is 59.0. The molecular formula is C53H82O12S. The minimum Gasteiger partial charge on any atom is -0.457 e. The van der Waals surface area contributed by atoms with E-state index in [2.05, 4.69) is 152 Å². The van der Waals surface area contributed by atoms with Gasteiger partial charge in [0.1, 0.15) is 30.5 Å². The number of carbonyl (C=O) groups excluding carboxylic acids is 1. The van der Waals surface area contributed by atoms with Crippen LogP contribution in [0.1, 0.15) is 129 Å². The van der Waals surface area contributed by atoms with Crippen molar-refractivity contribution in [3.63, 3.8) is 0 Å². The number of allylic oxidation sites excluding steroid dienone is 22. The first-order valence-corrected chi connectivity index (χ1v) is 25.3. The first-order valence-electron chi connectivity index (χ1n) is 23.9. The van der Waals surface area contributed by atoms with Crippen LogP contribution < -0.4 is 0 Å². The molecule has 1 saturated heterocycles. The SMILES string of the molecule is CC/C=C\C/C=C\C/C=C\C/C=C\C/C=C\C/C=C\CCCOCC(COC1OC(CO)C(O)C(OS(=O)(=O)O)C1O)OC(=O)CCCCC/C=C\C/C=C\C/C=C\C/C=C\C/C=C\CC. The van der Waals surface area contributed by atoms with Gasteiger partial charge >= 0.3 is 16.4 Å². The monoisotopic (exact) mass is 943 g/mol. The van der Waals surface area contributed by atoms with Crippen LogP contribution in [0.15, 0.2) is 134 Å². The van der Waals surface area contributed by atoms with Crippen LogP contribution in [0.25, 0.3) is 0 Å². The minimum absolute atomic E-state index is 0.0284. The summed E-state index contributed by atoms with van der Waals surface area (Å²) in [5.41, 5.74) is 0. The van der Waals surface area contributed by atoms with E-state index in [-0.39, 0.29) is 19.6 Å². The minimum atomic E-state index is -5.09. The molecule has 0 radical (unpaired) electrons. The molecule has 0 amide bonds. The van der Waals surface area contributed by atoms with Crippen molar-refractivity contribution in [2.75, 3.05) is 26.4 Å². The molecule has 1 aliphatic rings. The maximum Gasteiger partial charge on any atom is 0.397 e. The largest absolute Gasteiger partial charge is 0.457 e. The number of aliphatic hydroxyl groups is 3. The lowest BCUT2D eigenvalue weighted by molar-refractivity contribution is -0.301. The molecule has 1 heterocycles. The van der Waals surface area contributed by atoms with Gasteiger partial charge in [0.15, 0.2) is 6.29 Å². The number of rotatable bonds is 39. The molecule has 1 aliphatic heterocycles. The van der Waals surface area contributed by atoms with Crippen molar-refractivity contribution in [3.8, 4) is 0 Å². The zero-order chi connectivity index (χ0) is 48.2. The second-order valence-electron chi connectivity index (χ2n) is 15.6. The first kappa shape index (κ1) is 60.3. The highest BCUT2D eigenvalue weighted by Gasteiger charge is 2.48. The molecule has 12 nitrogen and oxygen atoms in total. The third kappa shape index (κ3) is 35.4. The van der Waals surface area contributed by atoms with Gasteiger partial charge in [0.2, 0.25) is 0 Å². The van der Waals surface area contributed by atoms with Crippen LogP contribution in [-0.2, 0) is 38.3 Å². The molecule has 6 atom stereocenters. The van der Waals surface area contributed by atoms with Crippen molar-refractivity contribution in [2.45, 2.75) is 166 Å². The predicted molar refractivity (Wildman–Crippen MR) is 266 cm³/mol. The van der Waals surface area contributed by atoms with E-state index in [9.17, 15) is 33.1 Å². The Labute approximate surface area is 397 Å². The second kappa shape index (κ2) is 42.6.